The standard InChI is InChI=1S/C20H26N4O4/c1-14-5-6-16(11-17(14)19-21-15(2)13-28-19)22-20(26)24-8-4-7-23(9-10-27-3)18(25)12-24/h5-6,11,13H,4,7-10,12H2,1-3H3,(H,22,26). The van der Waals surface area contributed by atoms with Crippen molar-refractivity contribution in [1.29, 1.82) is 0 Å². The molecule has 1 saturated heterocycles. The maximum atomic E-state index is 12.7. The molecule has 0 unspecified atom stereocenters. The number of carbonyl (C=O) groups excluding carboxylic acids is 2. The predicted molar refractivity (Wildman–Crippen MR) is 105 cm³/mol. The molecule has 0 saturated carbocycles. The summed E-state index contributed by atoms with van der Waals surface area (Å²) < 4.78 is 10.5. The van der Waals surface area contributed by atoms with Gasteiger partial charge in [0.25, 0.3) is 0 Å². The predicted octanol–water partition coefficient (Wildman–Crippen LogP) is 2.67. The molecule has 28 heavy (non-hydrogen) atoms. The molecule has 0 radical (unpaired) electrons. The molecule has 0 aliphatic carbocycles. The number of urea groups is 1. The number of hydrogen-bond acceptors (Lipinski definition) is 5. The third-order valence-corrected chi connectivity index (χ3v) is 4.73. The molecule has 150 valence electrons. The normalized spacial score (nSPS) is 14.9. The van der Waals surface area contributed by atoms with Gasteiger partial charge in [-0.05, 0) is 38.0 Å². The van der Waals surface area contributed by atoms with Crippen LogP contribution in [0.2, 0.25) is 0 Å². The topological polar surface area (TPSA) is 87.9 Å². The van der Waals surface area contributed by atoms with Crippen LogP contribution in [0.25, 0.3) is 11.5 Å². The van der Waals surface area contributed by atoms with Crippen molar-refractivity contribution >= 4 is 17.6 Å². The highest BCUT2D eigenvalue weighted by molar-refractivity contribution is 5.93. The molecular formula is C20H26N4O4. The van der Waals surface area contributed by atoms with Gasteiger partial charge in [0.15, 0.2) is 0 Å². The van der Waals surface area contributed by atoms with Crippen LogP contribution < -0.4 is 5.32 Å². The van der Waals surface area contributed by atoms with Crippen molar-refractivity contribution in [2.24, 2.45) is 0 Å². The summed E-state index contributed by atoms with van der Waals surface area (Å²) in [5.74, 6) is 0.453. The lowest BCUT2D eigenvalue weighted by Gasteiger charge is -2.22. The zero-order valence-corrected chi connectivity index (χ0v) is 16.5. The highest BCUT2D eigenvalue weighted by atomic mass is 16.5. The van der Waals surface area contributed by atoms with Gasteiger partial charge in [0.1, 0.15) is 12.8 Å². The summed E-state index contributed by atoms with van der Waals surface area (Å²) in [4.78, 5) is 32.7. The van der Waals surface area contributed by atoms with Gasteiger partial charge in [-0.2, -0.15) is 0 Å². The molecular weight excluding hydrogens is 360 g/mol. The third-order valence-electron chi connectivity index (χ3n) is 4.73. The van der Waals surface area contributed by atoms with E-state index in [-0.39, 0.29) is 18.5 Å². The van der Waals surface area contributed by atoms with Crippen LogP contribution in [-0.2, 0) is 9.53 Å². The Hall–Kier alpha value is -2.87. The minimum Gasteiger partial charge on any atom is -0.444 e. The molecule has 0 spiro atoms. The highest BCUT2D eigenvalue weighted by Crippen LogP contribution is 2.26. The summed E-state index contributed by atoms with van der Waals surface area (Å²) in [7, 11) is 1.61. The second-order valence-electron chi connectivity index (χ2n) is 6.90. The number of benzene rings is 1. The number of amides is 3. The summed E-state index contributed by atoms with van der Waals surface area (Å²) in [5.41, 5.74) is 3.25. The average Bonchev–Trinajstić information content (AvgIpc) is 3.01. The Morgan fingerprint density at radius 2 is 2.14 bits per heavy atom. The first-order valence-electron chi connectivity index (χ1n) is 9.33. The number of hydrogen-bond donors (Lipinski definition) is 1. The Kier molecular flexibility index (Phi) is 6.30. The number of ether oxygens (including phenoxy) is 1. The SMILES string of the molecule is COCCN1CCCN(C(=O)Nc2ccc(C)c(-c3nc(C)co3)c2)CC1=O. The van der Waals surface area contributed by atoms with E-state index < -0.39 is 0 Å². The zero-order chi connectivity index (χ0) is 20.1. The first-order chi connectivity index (χ1) is 13.5. The second kappa shape index (κ2) is 8.88. The molecule has 1 fully saturated rings. The van der Waals surface area contributed by atoms with Crippen molar-refractivity contribution in [3.63, 3.8) is 0 Å². The fraction of sp³-hybridized carbons (Fsp3) is 0.450. The van der Waals surface area contributed by atoms with Gasteiger partial charge in [0, 0.05) is 38.0 Å². The van der Waals surface area contributed by atoms with Crippen molar-refractivity contribution in [3.8, 4) is 11.5 Å². The number of aromatic nitrogens is 1. The monoisotopic (exact) mass is 386 g/mol. The van der Waals surface area contributed by atoms with Gasteiger partial charge in [0.05, 0.1) is 12.3 Å². The lowest BCUT2D eigenvalue weighted by atomic mass is 10.1. The molecule has 1 aliphatic heterocycles. The lowest BCUT2D eigenvalue weighted by Crippen LogP contribution is -2.42. The summed E-state index contributed by atoms with van der Waals surface area (Å²) in [5, 5.41) is 2.88. The Bertz CT molecular complexity index is 848. The summed E-state index contributed by atoms with van der Waals surface area (Å²) >= 11 is 0. The number of oxazole rings is 1. The van der Waals surface area contributed by atoms with Crippen molar-refractivity contribution in [2.45, 2.75) is 20.3 Å². The first-order valence-corrected chi connectivity index (χ1v) is 9.33. The number of nitrogens with zero attached hydrogens (tertiary/aromatic N) is 3. The molecule has 1 aliphatic rings. The van der Waals surface area contributed by atoms with Crippen molar-refractivity contribution in [2.75, 3.05) is 45.2 Å². The summed E-state index contributed by atoms with van der Waals surface area (Å²) in [6.07, 6.45) is 2.33. The highest BCUT2D eigenvalue weighted by Gasteiger charge is 2.25. The van der Waals surface area contributed by atoms with Gasteiger partial charge in [-0.3, -0.25) is 4.79 Å². The van der Waals surface area contributed by atoms with E-state index in [0.717, 1.165) is 23.2 Å². The van der Waals surface area contributed by atoms with Crippen LogP contribution in [0.4, 0.5) is 10.5 Å². The minimum atomic E-state index is -0.291. The van der Waals surface area contributed by atoms with Crippen LogP contribution in [0.15, 0.2) is 28.9 Å². The van der Waals surface area contributed by atoms with Gasteiger partial charge in [-0.25, -0.2) is 9.78 Å². The van der Waals surface area contributed by atoms with Crippen molar-refractivity contribution < 1.29 is 18.7 Å². The van der Waals surface area contributed by atoms with Gasteiger partial charge < -0.3 is 24.3 Å². The summed E-state index contributed by atoms with van der Waals surface area (Å²) in [6, 6.07) is 5.28. The number of nitrogens with one attached hydrogen (secondary N) is 1. The van der Waals surface area contributed by atoms with Gasteiger partial charge in [0.2, 0.25) is 11.8 Å². The van der Waals surface area contributed by atoms with E-state index in [0.29, 0.717) is 37.8 Å². The van der Waals surface area contributed by atoms with Crippen LogP contribution in [0.5, 0.6) is 0 Å². The van der Waals surface area contributed by atoms with E-state index in [1.54, 1.807) is 23.2 Å². The quantitative estimate of drug-likeness (QED) is 0.854. The van der Waals surface area contributed by atoms with Crippen molar-refractivity contribution in [3.05, 3.63) is 35.7 Å². The van der Waals surface area contributed by atoms with E-state index in [9.17, 15) is 9.59 Å². The van der Waals surface area contributed by atoms with E-state index in [1.165, 1.54) is 0 Å². The zero-order valence-electron chi connectivity index (χ0n) is 16.5. The molecule has 2 heterocycles. The van der Waals surface area contributed by atoms with Gasteiger partial charge in [-0.1, -0.05) is 6.07 Å². The van der Waals surface area contributed by atoms with Crippen molar-refractivity contribution in [1.82, 2.24) is 14.8 Å². The van der Waals surface area contributed by atoms with E-state index >= 15 is 0 Å². The molecule has 3 rings (SSSR count). The van der Waals surface area contributed by atoms with Crippen LogP contribution in [0, 0.1) is 13.8 Å². The molecule has 1 aromatic carbocycles. The Balaban J connectivity index is 1.68. The minimum absolute atomic E-state index is 0.0627. The van der Waals surface area contributed by atoms with Gasteiger partial charge >= 0.3 is 6.03 Å². The third kappa shape index (κ3) is 4.69. The Morgan fingerprint density at radius 1 is 1.32 bits per heavy atom. The molecule has 2 aromatic rings. The smallest absolute Gasteiger partial charge is 0.322 e. The first kappa shape index (κ1) is 19.9. The van der Waals surface area contributed by atoms with E-state index in [1.807, 2.05) is 32.0 Å². The lowest BCUT2D eigenvalue weighted by molar-refractivity contribution is -0.131. The molecule has 0 bridgehead atoms. The number of carbonyl (C=O) groups is 2. The largest absolute Gasteiger partial charge is 0.444 e. The van der Waals surface area contributed by atoms with Crippen LogP contribution in [0.1, 0.15) is 17.7 Å². The molecule has 1 N–H and O–H groups in total. The number of rotatable bonds is 5. The fourth-order valence-electron chi connectivity index (χ4n) is 3.14. The number of aryl methyl sites for hydroxylation is 2. The van der Waals surface area contributed by atoms with Crippen LogP contribution >= 0.6 is 0 Å². The second-order valence-corrected chi connectivity index (χ2v) is 6.90. The Labute approximate surface area is 164 Å². The maximum absolute atomic E-state index is 12.7. The number of methoxy groups -OCH3 is 1. The molecule has 1 aromatic heterocycles. The maximum Gasteiger partial charge on any atom is 0.322 e. The molecule has 8 heteroatoms. The van der Waals surface area contributed by atoms with Crippen LogP contribution in [0.3, 0.4) is 0 Å². The molecule has 8 nitrogen and oxygen atoms in total. The van der Waals surface area contributed by atoms with Gasteiger partial charge in [-0.15, -0.1) is 0 Å². The molecule has 3 amide bonds. The summed E-state index contributed by atoms with van der Waals surface area (Å²) in [6.45, 7) is 6.07. The van der Waals surface area contributed by atoms with E-state index in [2.05, 4.69) is 10.3 Å². The van der Waals surface area contributed by atoms with E-state index in [4.69, 9.17) is 9.15 Å². The number of anilines is 1. The average molecular weight is 386 g/mol. The van der Waals surface area contributed by atoms with Crippen LogP contribution in [-0.4, -0.2) is 66.6 Å². The Morgan fingerprint density at radius 3 is 2.86 bits per heavy atom. The molecule has 0 atom stereocenters. The fourth-order valence-corrected chi connectivity index (χ4v) is 3.14.